The minimum Gasteiger partial charge on any atom is -0.496 e. The van der Waals surface area contributed by atoms with Gasteiger partial charge in [0.15, 0.2) is 0 Å². The van der Waals surface area contributed by atoms with E-state index in [4.69, 9.17) is 15.3 Å². The summed E-state index contributed by atoms with van der Waals surface area (Å²) in [5.74, 6) is 7.40. The second kappa shape index (κ2) is 7.31. The second-order valence-corrected chi connectivity index (χ2v) is 5.11. The van der Waals surface area contributed by atoms with Crippen LogP contribution in [0, 0.1) is 0 Å². The summed E-state index contributed by atoms with van der Waals surface area (Å²) in [5, 5.41) is 0. The zero-order valence-corrected chi connectivity index (χ0v) is 12.3. The lowest BCUT2D eigenvalue weighted by Gasteiger charge is -2.24. The van der Waals surface area contributed by atoms with Gasteiger partial charge in [0.25, 0.3) is 0 Å². The largest absolute Gasteiger partial charge is 0.496 e. The molecule has 0 heterocycles. The minimum absolute atomic E-state index is 0.00505. The van der Waals surface area contributed by atoms with E-state index in [1.54, 1.807) is 14.2 Å². The molecule has 4 heteroatoms. The number of nitrogens with one attached hydrogen (secondary N) is 1. The van der Waals surface area contributed by atoms with Gasteiger partial charge in [-0.25, -0.2) is 0 Å². The Labute approximate surface area is 120 Å². The first kappa shape index (κ1) is 14.9. The highest BCUT2D eigenvalue weighted by molar-refractivity contribution is 5.47. The molecular weight excluding hydrogens is 252 g/mol. The van der Waals surface area contributed by atoms with Crippen molar-refractivity contribution in [2.45, 2.75) is 38.1 Å². The lowest BCUT2D eigenvalue weighted by atomic mass is 9.91. The fourth-order valence-electron chi connectivity index (χ4n) is 2.82. The molecule has 1 atom stereocenters. The Morgan fingerprint density at radius 3 is 2.40 bits per heavy atom. The van der Waals surface area contributed by atoms with Crippen LogP contribution < -0.4 is 20.7 Å². The quantitative estimate of drug-likeness (QED) is 0.476. The maximum atomic E-state index is 5.78. The first-order chi connectivity index (χ1) is 9.80. The topological polar surface area (TPSA) is 56.5 Å². The number of ether oxygens (including phenoxy) is 2. The minimum atomic E-state index is 0.00505. The Bertz CT molecular complexity index is 449. The molecule has 110 valence electrons. The lowest BCUT2D eigenvalue weighted by molar-refractivity contribution is 0.369. The highest BCUT2D eigenvalue weighted by atomic mass is 16.5. The molecule has 20 heavy (non-hydrogen) atoms. The van der Waals surface area contributed by atoms with E-state index in [9.17, 15) is 0 Å². The summed E-state index contributed by atoms with van der Waals surface area (Å²) in [7, 11) is 3.34. The predicted octanol–water partition coefficient (Wildman–Crippen LogP) is 3.10. The van der Waals surface area contributed by atoms with Crippen LogP contribution in [0.3, 0.4) is 0 Å². The van der Waals surface area contributed by atoms with E-state index < -0.39 is 0 Å². The number of hydrogen-bond acceptors (Lipinski definition) is 4. The molecule has 0 bridgehead atoms. The van der Waals surface area contributed by atoms with E-state index in [0.717, 1.165) is 29.9 Å². The molecule has 2 rings (SSSR count). The van der Waals surface area contributed by atoms with Crippen LogP contribution in [-0.4, -0.2) is 14.2 Å². The van der Waals surface area contributed by atoms with Gasteiger partial charge in [0.1, 0.15) is 11.5 Å². The van der Waals surface area contributed by atoms with Gasteiger partial charge in [-0.2, -0.15) is 0 Å². The molecule has 1 aromatic carbocycles. The van der Waals surface area contributed by atoms with Crippen molar-refractivity contribution in [2.24, 2.45) is 5.84 Å². The first-order valence-corrected chi connectivity index (χ1v) is 7.15. The lowest BCUT2D eigenvalue weighted by Crippen LogP contribution is -2.29. The molecule has 0 saturated heterocycles. The smallest absolute Gasteiger partial charge is 0.127 e. The maximum absolute atomic E-state index is 5.78. The number of benzene rings is 1. The molecule has 0 radical (unpaired) electrons. The molecule has 0 spiro atoms. The number of hydrazine groups is 1. The standard InChI is InChI=1S/C16H24N2O2/c1-19-14-9-6-10-15(20-2)16(14)13(18-17)11-12-7-4-3-5-8-12/h6-7,9-10,13,18H,3-5,8,11,17H2,1-2H3. The van der Waals surface area contributed by atoms with Crippen LogP contribution in [0.4, 0.5) is 0 Å². The van der Waals surface area contributed by atoms with Crippen molar-refractivity contribution >= 4 is 0 Å². The summed E-state index contributed by atoms with van der Waals surface area (Å²) in [6.07, 6.45) is 8.14. The van der Waals surface area contributed by atoms with Crippen LogP contribution >= 0.6 is 0 Å². The fourth-order valence-corrected chi connectivity index (χ4v) is 2.82. The van der Waals surface area contributed by atoms with Gasteiger partial charge < -0.3 is 9.47 Å². The van der Waals surface area contributed by atoms with Gasteiger partial charge in [0.05, 0.1) is 25.8 Å². The SMILES string of the molecule is COc1cccc(OC)c1C(CC1=CCCCC1)NN. The highest BCUT2D eigenvalue weighted by Gasteiger charge is 2.21. The normalized spacial score (nSPS) is 16.4. The fraction of sp³-hybridized carbons (Fsp3) is 0.500. The number of methoxy groups -OCH3 is 2. The van der Waals surface area contributed by atoms with E-state index in [1.807, 2.05) is 18.2 Å². The van der Waals surface area contributed by atoms with E-state index >= 15 is 0 Å². The average Bonchev–Trinajstić information content (AvgIpc) is 2.52. The van der Waals surface area contributed by atoms with Crippen molar-refractivity contribution in [1.29, 1.82) is 0 Å². The van der Waals surface area contributed by atoms with Gasteiger partial charge in [0.2, 0.25) is 0 Å². The molecule has 1 unspecified atom stereocenters. The van der Waals surface area contributed by atoms with Gasteiger partial charge in [-0.3, -0.25) is 11.3 Å². The van der Waals surface area contributed by atoms with Crippen molar-refractivity contribution in [3.8, 4) is 11.5 Å². The third kappa shape index (κ3) is 3.32. The van der Waals surface area contributed by atoms with E-state index in [-0.39, 0.29) is 6.04 Å². The van der Waals surface area contributed by atoms with Crippen molar-refractivity contribution in [3.05, 3.63) is 35.4 Å². The van der Waals surface area contributed by atoms with Crippen LogP contribution in [0.1, 0.15) is 43.7 Å². The van der Waals surface area contributed by atoms with Gasteiger partial charge in [-0.1, -0.05) is 17.7 Å². The summed E-state index contributed by atoms with van der Waals surface area (Å²) < 4.78 is 10.9. The second-order valence-electron chi connectivity index (χ2n) is 5.11. The zero-order chi connectivity index (χ0) is 14.4. The van der Waals surface area contributed by atoms with E-state index in [2.05, 4.69) is 11.5 Å². The average molecular weight is 276 g/mol. The number of allylic oxidation sites excluding steroid dienone is 1. The van der Waals surface area contributed by atoms with Gasteiger partial charge >= 0.3 is 0 Å². The Morgan fingerprint density at radius 1 is 1.20 bits per heavy atom. The predicted molar refractivity (Wildman–Crippen MR) is 80.8 cm³/mol. The molecule has 1 aliphatic carbocycles. The van der Waals surface area contributed by atoms with Crippen LogP contribution in [0.25, 0.3) is 0 Å². The Morgan fingerprint density at radius 2 is 1.90 bits per heavy atom. The van der Waals surface area contributed by atoms with Crippen LogP contribution in [0.5, 0.6) is 11.5 Å². The van der Waals surface area contributed by atoms with Crippen molar-refractivity contribution in [3.63, 3.8) is 0 Å². The maximum Gasteiger partial charge on any atom is 0.127 e. The molecule has 1 aliphatic rings. The van der Waals surface area contributed by atoms with Crippen molar-refractivity contribution in [2.75, 3.05) is 14.2 Å². The molecule has 1 aromatic rings. The van der Waals surface area contributed by atoms with Crippen LogP contribution in [0.2, 0.25) is 0 Å². The summed E-state index contributed by atoms with van der Waals surface area (Å²) >= 11 is 0. The summed E-state index contributed by atoms with van der Waals surface area (Å²) in [6.45, 7) is 0. The van der Waals surface area contributed by atoms with Crippen LogP contribution in [-0.2, 0) is 0 Å². The third-order valence-corrected chi connectivity index (χ3v) is 3.87. The molecule has 0 saturated carbocycles. The van der Waals surface area contributed by atoms with Crippen LogP contribution in [0.15, 0.2) is 29.8 Å². The van der Waals surface area contributed by atoms with E-state index in [1.165, 1.54) is 24.8 Å². The monoisotopic (exact) mass is 276 g/mol. The summed E-state index contributed by atoms with van der Waals surface area (Å²) in [6, 6.07) is 5.81. The summed E-state index contributed by atoms with van der Waals surface area (Å²) in [4.78, 5) is 0. The molecular formula is C16H24N2O2. The molecule has 4 nitrogen and oxygen atoms in total. The van der Waals surface area contributed by atoms with Crippen molar-refractivity contribution in [1.82, 2.24) is 5.43 Å². The zero-order valence-electron chi connectivity index (χ0n) is 12.3. The van der Waals surface area contributed by atoms with Crippen molar-refractivity contribution < 1.29 is 9.47 Å². The highest BCUT2D eigenvalue weighted by Crippen LogP contribution is 2.37. The Hall–Kier alpha value is -1.52. The molecule has 0 fully saturated rings. The molecule has 3 N–H and O–H groups in total. The summed E-state index contributed by atoms with van der Waals surface area (Å²) in [5.41, 5.74) is 5.37. The van der Waals surface area contributed by atoms with Gasteiger partial charge in [0, 0.05) is 0 Å². The third-order valence-electron chi connectivity index (χ3n) is 3.87. The number of rotatable bonds is 6. The first-order valence-electron chi connectivity index (χ1n) is 7.15. The molecule has 0 aromatic heterocycles. The van der Waals surface area contributed by atoms with E-state index in [0.29, 0.717) is 0 Å². The Balaban J connectivity index is 2.28. The molecule has 0 aliphatic heterocycles. The van der Waals surface area contributed by atoms with Gasteiger partial charge in [-0.05, 0) is 44.2 Å². The number of nitrogens with two attached hydrogens (primary N) is 1. The number of hydrogen-bond donors (Lipinski definition) is 2. The van der Waals surface area contributed by atoms with Gasteiger partial charge in [-0.15, -0.1) is 0 Å². The molecule has 0 amide bonds. The Kier molecular flexibility index (Phi) is 5.44.